The molecule has 0 unspecified atom stereocenters. The first kappa shape index (κ1) is 23.4. The van der Waals surface area contributed by atoms with Crippen LogP contribution in [-0.4, -0.2) is 38.4 Å². The lowest BCUT2D eigenvalue weighted by Crippen LogP contribution is -2.10. The Labute approximate surface area is 187 Å². The molecule has 0 aliphatic rings. The van der Waals surface area contributed by atoms with E-state index in [0.717, 1.165) is 33.8 Å². The topological polar surface area (TPSA) is 94.8 Å². The summed E-state index contributed by atoms with van der Waals surface area (Å²) in [5.74, 6) is -0.376. The zero-order valence-electron chi connectivity index (χ0n) is 18.4. The molecule has 0 aliphatic heterocycles. The maximum Gasteiger partial charge on any atom is 0.310 e. The highest BCUT2D eigenvalue weighted by Gasteiger charge is 2.18. The lowest BCUT2D eigenvalue weighted by molar-refractivity contribution is -0.142. The van der Waals surface area contributed by atoms with E-state index in [0.29, 0.717) is 6.42 Å². The van der Waals surface area contributed by atoms with Gasteiger partial charge in [0.05, 0.1) is 30.2 Å². The molecule has 0 spiro atoms. The largest absolute Gasteiger partial charge is 0.465 e. The second kappa shape index (κ2) is 9.91. The van der Waals surface area contributed by atoms with Gasteiger partial charge in [0.2, 0.25) is 0 Å². The molecule has 32 heavy (non-hydrogen) atoms. The molecule has 1 aromatic heterocycles. The predicted molar refractivity (Wildman–Crippen MR) is 124 cm³/mol. The number of hydrogen-bond donors (Lipinski definition) is 0. The van der Waals surface area contributed by atoms with Gasteiger partial charge in [-0.05, 0) is 55.3 Å². The van der Waals surface area contributed by atoms with Crippen LogP contribution in [-0.2, 0) is 25.8 Å². The molecule has 0 saturated carbocycles. The molecule has 0 bridgehead atoms. The van der Waals surface area contributed by atoms with Crippen molar-refractivity contribution >= 4 is 15.8 Å². The van der Waals surface area contributed by atoms with Crippen LogP contribution < -0.4 is 0 Å². The number of benzene rings is 2. The van der Waals surface area contributed by atoms with Crippen molar-refractivity contribution in [3.63, 3.8) is 0 Å². The zero-order chi connectivity index (χ0) is 23.3. The molecule has 0 fully saturated rings. The molecule has 8 heteroatoms. The standard InChI is InChI=1S/C24H26N2O5S/c1-17-5-9-21(10-6-17)26-18(2)20(16-24(27)31-14-4-13-25-28)15-23(26)19-7-11-22(12-8-19)32(3,29)30/h5-12,15H,4,13-14,16H2,1-3H3. The molecule has 7 nitrogen and oxygen atoms in total. The van der Waals surface area contributed by atoms with E-state index in [9.17, 15) is 18.1 Å². The minimum Gasteiger partial charge on any atom is -0.465 e. The average molecular weight is 455 g/mol. The van der Waals surface area contributed by atoms with Crippen LogP contribution in [0.5, 0.6) is 0 Å². The fourth-order valence-corrected chi connectivity index (χ4v) is 4.10. The zero-order valence-corrected chi connectivity index (χ0v) is 19.2. The Balaban J connectivity index is 1.99. The van der Waals surface area contributed by atoms with Crippen molar-refractivity contribution in [3.05, 3.63) is 76.3 Å². The molecule has 0 radical (unpaired) electrons. The van der Waals surface area contributed by atoms with Crippen molar-refractivity contribution in [1.82, 2.24) is 4.57 Å². The van der Waals surface area contributed by atoms with Crippen LogP contribution >= 0.6 is 0 Å². The van der Waals surface area contributed by atoms with Gasteiger partial charge >= 0.3 is 5.97 Å². The normalized spacial score (nSPS) is 11.3. The summed E-state index contributed by atoms with van der Waals surface area (Å²) in [6.07, 6.45) is 1.67. The molecule has 0 amide bonds. The first-order valence-corrected chi connectivity index (χ1v) is 12.1. The third kappa shape index (κ3) is 5.50. The van der Waals surface area contributed by atoms with Gasteiger partial charge in [-0.3, -0.25) is 4.79 Å². The Hall–Kier alpha value is -3.26. The molecule has 168 valence electrons. The number of nitroso groups, excluding NO2 is 1. The SMILES string of the molecule is Cc1ccc(-n2c(-c3ccc(S(C)(=O)=O)cc3)cc(CC(=O)OCCCN=O)c2C)cc1. The fourth-order valence-electron chi connectivity index (χ4n) is 3.47. The molecule has 1 heterocycles. The third-order valence-electron chi connectivity index (χ3n) is 5.21. The van der Waals surface area contributed by atoms with Crippen molar-refractivity contribution in [2.45, 2.75) is 31.6 Å². The highest BCUT2D eigenvalue weighted by atomic mass is 32.2. The Morgan fingerprint density at radius 2 is 1.69 bits per heavy atom. The Morgan fingerprint density at radius 1 is 1.03 bits per heavy atom. The number of sulfone groups is 1. The van der Waals surface area contributed by atoms with Crippen LogP contribution in [0.3, 0.4) is 0 Å². The van der Waals surface area contributed by atoms with Gasteiger partial charge in [0, 0.05) is 24.1 Å². The predicted octanol–water partition coefficient (Wildman–Crippen LogP) is 4.41. The summed E-state index contributed by atoms with van der Waals surface area (Å²) in [7, 11) is -3.30. The number of hydrogen-bond acceptors (Lipinski definition) is 6. The number of nitrogens with zero attached hydrogens (tertiary/aromatic N) is 2. The van der Waals surface area contributed by atoms with E-state index in [1.165, 1.54) is 6.26 Å². The summed E-state index contributed by atoms with van der Waals surface area (Å²) >= 11 is 0. The van der Waals surface area contributed by atoms with Crippen molar-refractivity contribution in [3.8, 4) is 16.9 Å². The smallest absolute Gasteiger partial charge is 0.310 e. The molecule has 0 atom stereocenters. The maximum absolute atomic E-state index is 12.3. The summed E-state index contributed by atoms with van der Waals surface area (Å²) < 4.78 is 30.9. The lowest BCUT2D eigenvalue weighted by Gasteiger charge is -2.13. The van der Waals surface area contributed by atoms with Crippen molar-refractivity contribution in [2.75, 3.05) is 19.4 Å². The van der Waals surface area contributed by atoms with E-state index in [-0.39, 0.29) is 30.4 Å². The highest BCUT2D eigenvalue weighted by Crippen LogP contribution is 2.31. The number of ether oxygens (including phenoxy) is 1. The van der Waals surface area contributed by atoms with Gasteiger partial charge in [-0.25, -0.2) is 8.42 Å². The second-order valence-corrected chi connectivity index (χ2v) is 9.73. The number of carbonyl (C=O) groups excluding carboxylic acids is 1. The quantitative estimate of drug-likeness (QED) is 0.271. The molecule has 0 aliphatic carbocycles. The average Bonchev–Trinajstić information content (AvgIpc) is 3.07. The molecule has 3 rings (SSSR count). The van der Waals surface area contributed by atoms with Crippen LogP contribution in [0.4, 0.5) is 0 Å². The Kier molecular flexibility index (Phi) is 7.25. The minimum atomic E-state index is -3.30. The third-order valence-corrected chi connectivity index (χ3v) is 6.34. The first-order chi connectivity index (χ1) is 15.2. The van der Waals surface area contributed by atoms with E-state index in [1.54, 1.807) is 24.3 Å². The fraction of sp³-hybridized carbons (Fsp3) is 0.292. The van der Waals surface area contributed by atoms with Crippen LogP contribution in [0.1, 0.15) is 23.2 Å². The highest BCUT2D eigenvalue weighted by molar-refractivity contribution is 7.90. The number of rotatable bonds is 9. The van der Waals surface area contributed by atoms with Gasteiger partial charge in [0.15, 0.2) is 9.84 Å². The summed E-state index contributed by atoms with van der Waals surface area (Å²) in [5.41, 5.74) is 5.45. The number of esters is 1. The summed E-state index contributed by atoms with van der Waals surface area (Å²) in [4.78, 5) is 22.7. The van der Waals surface area contributed by atoms with Gasteiger partial charge in [-0.1, -0.05) is 35.0 Å². The monoisotopic (exact) mass is 454 g/mol. The Morgan fingerprint density at radius 3 is 2.28 bits per heavy atom. The summed E-state index contributed by atoms with van der Waals surface area (Å²) in [6, 6.07) is 16.7. The number of aromatic nitrogens is 1. The van der Waals surface area contributed by atoms with Gasteiger partial charge in [0.1, 0.15) is 0 Å². The van der Waals surface area contributed by atoms with Crippen molar-refractivity contribution in [1.29, 1.82) is 0 Å². The van der Waals surface area contributed by atoms with E-state index in [2.05, 4.69) is 5.18 Å². The van der Waals surface area contributed by atoms with E-state index in [1.807, 2.05) is 48.7 Å². The summed E-state index contributed by atoms with van der Waals surface area (Å²) in [6.45, 7) is 4.22. The van der Waals surface area contributed by atoms with Crippen molar-refractivity contribution < 1.29 is 17.9 Å². The summed E-state index contributed by atoms with van der Waals surface area (Å²) in [5, 5.41) is 2.76. The maximum atomic E-state index is 12.3. The molecule has 3 aromatic rings. The lowest BCUT2D eigenvalue weighted by atomic mass is 10.1. The van der Waals surface area contributed by atoms with Crippen LogP contribution in [0, 0.1) is 18.8 Å². The molecule has 0 saturated heterocycles. The Bertz CT molecular complexity index is 1210. The number of aryl methyl sites for hydroxylation is 1. The molecule has 2 aromatic carbocycles. The molecular weight excluding hydrogens is 428 g/mol. The van der Waals surface area contributed by atoms with Crippen LogP contribution in [0.2, 0.25) is 0 Å². The second-order valence-electron chi connectivity index (χ2n) is 7.71. The van der Waals surface area contributed by atoms with E-state index in [4.69, 9.17) is 4.74 Å². The molecular formula is C24H26N2O5S. The van der Waals surface area contributed by atoms with E-state index >= 15 is 0 Å². The van der Waals surface area contributed by atoms with Gasteiger partial charge in [-0.15, -0.1) is 0 Å². The van der Waals surface area contributed by atoms with Gasteiger partial charge in [0.25, 0.3) is 0 Å². The van der Waals surface area contributed by atoms with E-state index < -0.39 is 9.84 Å². The molecule has 0 N–H and O–H groups in total. The first-order valence-electron chi connectivity index (χ1n) is 10.2. The number of carbonyl (C=O) groups is 1. The van der Waals surface area contributed by atoms with Crippen LogP contribution in [0.15, 0.2) is 64.7 Å². The van der Waals surface area contributed by atoms with Crippen LogP contribution in [0.25, 0.3) is 16.9 Å². The minimum absolute atomic E-state index is 0.0909. The van der Waals surface area contributed by atoms with Gasteiger partial charge in [-0.2, -0.15) is 4.91 Å². The van der Waals surface area contributed by atoms with Crippen molar-refractivity contribution in [2.24, 2.45) is 5.18 Å². The van der Waals surface area contributed by atoms with Gasteiger partial charge < -0.3 is 9.30 Å².